The molecule has 250 valence electrons. The average Bonchev–Trinajstić information content (AvgIpc) is 3.07. The highest BCUT2D eigenvalue weighted by Gasteiger charge is 2.35. The van der Waals surface area contributed by atoms with Gasteiger partial charge in [0.05, 0.1) is 0 Å². The molecule has 0 amide bonds. The van der Waals surface area contributed by atoms with Gasteiger partial charge < -0.3 is 29.2 Å². The van der Waals surface area contributed by atoms with Crippen molar-refractivity contribution in [3.63, 3.8) is 0 Å². The lowest BCUT2D eigenvalue weighted by molar-refractivity contribution is -0.164. The van der Waals surface area contributed by atoms with Gasteiger partial charge in [0.1, 0.15) is 24.7 Å². The number of allylic oxidation sites excluding steroid dienone is 2. The minimum atomic E-state index is -1.41. The lowest BCUT2D eigenvalue weighted by Crippen LogP contribution is -2.35. The van der Waals surface area contributed by atoms with Crippen LogP contribution < -0.4 is 9.47 Å². The van der Waals surface area contributed by atoms with Gasteiger partial charge in [0.15, 0.2) is 11.7 Å². The summed E-state index contributed by atoms with van der Waals surface area (Å²) in [5.41, 5.74) is 3.38. The Morgan fingerprint density at radius 2 is 1.31 bits per heavy atom. The van der Waals surface area contributed by atoms with Crippen molar-refractivity contribution in [2.45, 2.75) is 52.7 Å². The molecule has 0 saturated carbocycles. The van der Waals surface area contributed by atoms with Gasteiger partial charge in [-0.05, 0) is 112 Å². The maximum absolute atomic E-state index is 11.7. The van der Waals surface area contributed by atoms with Crippen molar-refractivity contribution in [1.82, 2.24) is 0 Å². The van der Waals surface area contributed by atoms with E-state index in [1.54, 1.807) is 38.1 Å². The Hall–Kier alpha value is -5.28. The minimum absolute atomic E-state index is 0.284. The van der Waals surface area contributed by atoms with Crippen LogP contribution in [0.25, 0.3) is 0 Å². The van der Waals surface area contributed by atoms with Gasteiger partial charge in [0.2, 0.25) is 0 Å². The van der Waals surface area contributed by atoms with Gasteiger partial charge in [-0.25, -0.2) is 9.59 Å². The topological polar surface area (TPSA) is 112 Å². The summed E-state index contributed by atoms with van der Waals surface area (Å²) in [6.45, 7) is 10.2. The summed E-state index contributed by atoms with van der Waals surface area (Å²) in [4.78, 5) is 23.0. The molecule has 3 aromatic rings. The Morgan fingerprint density at radius 3 is 1.77 bits per heavy atom. The first-order valence-electron chi connectivity index (χ1n) is 15.7. The van der Waals surface area contributed by atoms with Gasteiger partial charge in [-0.3, -0.25) is 0 Å². The van der Waals surface area contributed by atoms with Crippen molar-refractivity contribution in [1.29, 1.82) is 0 Å². The van der Waals surface area contributed by atoms with Crippen LogP contribution >= 0.6 is 0 Å². The minimum Gasteiger partial charge on any atom is -0.490 e. The monoisotopic (exact) mass is 650 g/mol. The zero-order valence-electron chi connectivity index (χ0n) is 28.0. The molecule has 0 heterocycles. The third-order valence-electron chi connectivity index (χ3n) is 7.18. The van der Waals surface area contributed by atoms with Crippen molar-refractivity contribution in [2.24, 2.45) is 0 Å². The second kappa shape index (κ2) is 18.8. The molecule has 2 atom stereocenters. The fourth-order valence-corrected chi connectivity index (χ4v) is 4.43. The van der Waals surface area contributed by atoms with Gasteiger partial charge in [-0.2, -0.15) is 0 Å². The van der Waals surface area contributed by atoms with Crippen LogP contribution in [-0.2, 0) is 31.1 Å². The van der Waals surface area contributed by atoms with E-state index in [-0.39, 0.29) is 6.61 Å². The molecule has 0 fully saturated rings. The zero-order valence-corrected chi connectivity index (χ0v) is 28.0. The van der Waals surface area contributed by atoms with Crippen LogP contribution in [-0.4, -0.2) is 54.7 Å². The summed E-state index contributed by atoms with van der Waals surface area (Å²) < 4.78 is 22.3. The Labute approximate surface area is 283 Å². The molecular weight excluding hydrogens is 608 g/mol. The molecule has 3 aromatic carbocycles. The SMILES string of the molecule is CCOC(Cc1ccc(OCC=C(C)C#Cc2cccc(C#CC(C)=CCOc3ccc(C(C)(OCC)C(=O)O)cc3)c2)cc1)C(=O)O. The number of aliphatic carboxylic acids is 2. The Bertz CT molecular complexity index is 1710. The van der Waals surface area contributed by atoms with E-state index in [0.29, 0.717) is 43.3 Å². The maximum Gasteiger partial charge on any atom is 0.340 e. The van der Waals surface area contributed by atoms with E-state index in [1.165, 1.54) is 6.92 Å². The third-order valence-corrected chi connectivity index (χ3v) is 7.18. The Kier molecular flexibility index (Phi) is 14.5. The first kappa shape index (κ1) is 37.2. The number of benzene rings is 3. The molecule has 2 N–H and O–H groups in total. The largest absolute Gasteiger partial charge is 0.490 e. The smallest absolute Gasteiger partial charge is 0.340 e. The summed E-state index contributed by atoms with van der Waals surface area (Å²) in [6.07, 6.45) is 3.21. The van der Waals surface area contributed by atoms with E-state index in [2.05, 4.69) is 23.7 Å². The second-order valence-electron chi connectivity index (χ2n) is 10.9. The molecule has 8 nitrogen and oxygen atoms in total. The normalized spacial score (nSPS) is 13.2. The molecule has 0 aliphatic heterocycles. The number of hydrogen-bond acceptors (Lipinski definition) is 6. The molecule has 0 aliphatic rings. The predicted molar refractivity (Wildman–Crippen MR) is 185 cm³/mol. The summed E-state index contributed by atoms with van der Waals surface area (Å²) in [5, 5.41) is 18.9. The van der Waals surface area contributed by atoms with E-state index >= 15 is 0 Å². The quantitative estimate of drug-likeness (QED) is 0.173. The molecule has 8 heteroatoms. The standard InChI is InChI=1S/C40H42O8/c1-6-45-37(38(41)42)28-33-15-19-35(20-16-33)46-25-23-29(3)11-13-31-9-8-10-32(27-31)14-12-30(4)24-26-47-36-21-17-34(18-22-36)40(5,39(43)44)48-7-2/h8-10,15-24,27,37H,6-7,25-26,28H2,1-5H3,(H,41,42)(H,43,44). The molecule has 0 saturated heterocycles. The highest BCUT2D eigenvalue weighted by molar-refractivity contribution is 5.79. The average molecular weight is 651 g/mol. The van der Waals surface area contributed by atoms with Gasteiger partial charge in [0, 0.05) is 30.8 Å². The van der Waals surface area contributed by atoms with Crippen LogP contribution in [0.2, 0.25) is 0 Å². The van der Waals surface area contributed by atoms with Gasteiger partial charge in [0.25, 0.3) is 0 Å². The van der Waals surface area contributed by atoms with Crippen LogP contribution in [0.5, 0.6) is 11.5 Å². The number of carboxylic acids is 2. The summed E-state index contributed by atoms with van der Waals surface area (Å²) >= 11 is 0. The molecule has 48 heavy (non-hydrogen) atoms. The van der Waals surface area contributed by atoms with Crippen molar-refractivity contribution < 1.29 is 38.7 Å². The Morgan fingerprint density at radius 1 is 0.792 bits per heavy atom. The maximum atomic E-state index is 11.7. The van der Waals surface area contributed by atoms with Crippen molar-refractivity contribution >= 4 is 11.9 Å². The molecule has 2 unspecified atom stereocenters. The molecule has 0 aliphatic carbocycles. The number of rotatable bonds is 15. The van der Waals surface area contributed by atoms with E-state index in [0.717, 1.165) is 27.8 Å². The lowest BCUT2D eigenvalue weighted by Gasteiger charge is -2.25. The molecule has 0 spiro atoms. The van der Waals surface area contributed by atoms with E-state index in [9.17, 15) is 19.8 Å². The van der Waals surface area contributed by atoms with Crippen LogP contribution in [0.15, 0.2) is 96.1 Å². The van der Waals surface area contributed by atoms with Crippen molar-refractivity contribution in [2.75, 3.05) is 26.4 Å². The Balaban J connectivity index is 1.50. The fourth-order valence-electron chi connectivity index (χ4n) is 4.43. The predicted octanol–water partition coefficient (Wildman–Crippen LogP) is 6.81. The number of carboxylic acid groups (broad SMARTS) is 2. The highest BCUT2D eigenvalue weighted by Crippen LogP contribution is 2.27. The summed E-state index contributed by atoms with van der Waals surface area (Å²) in [6, 6.07) is 21.9. The van der Waals surface area contributed by atoms with Crippen molar-refractivity contribution in [3.05, 3.63) is 118 Å². The highest BCUT2D eigenvalue weighted by atomic mass is 16.5. The van der Waals surface area contributed by atoms with Crippen molar-refractivity contribution in [3.8, 4) is 35.2 Å². The molecule has 0 aromatic heterocycles. The number of ether oxygens (including phenoxy) is 4. The second-order valence-corrected chi connectivity index (χ2v) is 10.9. The first-order valence-corrected chi connectivity index (χ1v) is 15.7. The number of carbonyl (C=O) groups is 2. The lowest BCUT2D eigenvalue weighted by atomic mass is 9.96. The molecule has 3 rings (SSSR count). The molecular formula is C40H42O8. The summed E-state index contributed by atoms with van der Waals surface area (Å²) in [7, 11) is 0. The number of hydrogen-bond donors (Lipinski definition) is 2. The first-order chi connectivity index (χ1) is 23.0. The summed E-state index contributed by atoms with van der Waals surface area (Å²) in [5.74, 6) is 11.9. The van der Waals surface area contributed by atoms with Crippen LogP contribution in [0, 0.1) is 23.7 Å². The van der Waals surface area contributed by atoms with Gasteiger partial charge >= 0.3 is 11.9 Å². The zero-order chi connectivity index (χ0) is 34.9. The molecule has 0 radical (unpaired) electrons. The third kappa shape index (κ3) is 11.8. The van der Waals surface area contributed by atoms with Gasteiger partial charge in [-0.15, -0.1) is 0 Å². The molecule has 0 bridgehead atoms. The van der Waals surface area contributed by atoms with E-state index in [4.69, 9.17) is 18.9 Å². The van der Waals surface area contributed by atoms with Crippen LogP contribution in [0.4, 0.5) is 0 Å². The fraction of sp³-hybridized carbons (Fsp3) is 0.300. The van der Waals surface area contributed by atoms with Crippen LogP contribution in [0.1, 0.15) is 56.9 Å². The van der Waals surface area contributed by atoms with E-state index in [1.807, 2.05) is 74.5 Å². The van der Waals surface area contributed by atoms with Crippen LogP contribution in [0.3, 0.4) is 0 Å². The van der Waals surface area contributed by atoms with Gasteiger partial charge in [-0.1, -0.05) is 54.0 Å². The van der Waals surface area contributed by atoms with E-state index < -0.39 is 23.6 Å².